The first-order valence-electron chi connectivity index (χ1n) is 9.65. The Morgan fingerprint density at radius 3 is 2.17 bits per heavy atom. The van der Waals surface area contributed by atoms with Crippen LogP contribution in [-0.2, 0) is 11.2 Å². The first-order chi connectivity index (χ1) is 14.0. The van der Waals surface area contributed by atoms with Gasteiger partial charge < -0.3 is 14.4 Å². The van der Waals surface area contributed by atoms with Crippen molar-refractivity contribution in [1.82, 2.24) is 4.90 Å². The highest BCUT2D eigenvalue weighted by atomic mass is 32.2. The van der Waals surface area contributed by atoms with Crippen molar-refractivity contribution in [3.05, 3.63) is 59.2 Å². The third-order valence-corrected chi connectivity index (χ3v) is 5.48. The number of ether oxygens (including phenoxy) is 2. The maximum absolute atomic E-state index is 13.2. The normalized spacial score (nSPS) is 10.5. The second-order valence-electron chi connectivity index (χ2n) is 6.73. The number of hydrogen-bond donors (Lipinski definition) is 0. The summed E-state index contributed by atoms with van der Waals surface area (Å²) in [4.78, 5) is 26.3. The molecule has 5 nitrogen and oxygen atoms in total. The van der Waals surface area contributed by atoms with Crippen molar-refractivity contribution < 1.29 is 19.1 Å². The quantitative estimate of drug-likeness (QED) is 0.577. The van der Waals surface area contributed by atoms with Crippen LogP contribution in [0.25, 0.3) is 0 Å². The van der Waals surface area contributed by atoms with Crippen LogP contribution in [0.1, 0.15) is 34.8 Å². The fourth-order valence-corrected chi connectivity index (χ4v) is 3.72. The van der Waals surface area contributed by atoms with Crippen molar-refractivity contribution in [3.8, 4) is 11.5 Å². The van der Waals surface area contributed by atoms with E-state index in [9.17, 15) is 9.59 Å². The van der Waals surface area contributed by atoms with Crippen LogP contribution in [0.4, 0.5) is 0 Å². The highest BCUT2D eigenvalue weighted by Crippen LogP contribution is 2.30. The lowest BCUT2D eigenvalue weighted by Crippen LogP contribution is -2.34. The fraction of sp³-hybridized carbons (Fsp3) is 0.391. The number of methoxy groups -OCH3 is 2. The summed E-state index contributed by atoms with van der Waals surface area (Å²) >= 11 is 1.24. The Bertz CT molecular complexity index is 798. The summed E-state index contributed by atoms with van der Waals surface area (Å²) in [5.74, 6) is 1.73. The predicted octanol–water partition coefficient (Wildman–Crippen LogP) is 4.37. The second kappa shape index (κ2) is 11.5. The van der Waals surface area contributed by atoms with Crippen LogP contribution in [-0.4, -0.2) is 49.0 Å². The first kappa shape index (κ1) is 22.8. The van der Waals surface area contributed by atoms with Gasteiger partial charge in [0.05, 0.1) is 14.2 Å². The van der Waals surface area contributed by atoms with Gasteiger partial charge in [-0.1, -0.05) is 42.1 Å². The van der Waals surface area contributed by atoms with Crippen molar-refractivity contribution in [3.63, 3.8) is 0 Å². The molecule has 0 aliphatic carbocycles. The highest BCUT2D eigenvalue weighted by molar-refractivity contribution is 8.13. The smallest absolute Gasteiger partial charge is 0.254 e. The third-order valence-electron chi connectivity index (χ3n) is 4.69. The van der Waals surface area contributed by atoms with Crippen molar-refractivity contribution in [1.29, 1.82) is 0 Å². The minimum atomic E-state index is -0.0844. The lowest BCUT2D eigenvalue weighted by molar-refractivity contribution is -0.109. The van der Waals surface area contributed by atoms with E-state index in [1.165, 1.54) is 17.3 Å². The molecule has 29 heavy (non-hydrogen) atoms. The molecule has 0 N–H and O–H groups in total. The van der Waals surface area contributed by atoms with Gasteiger partial charge in [-0.3, -0.25) is 9.59 Å². The van der Waals surface area contributed by atoms with Crippen LogP contribution >= 0.6 is 11.8 Å². The molecule has 0 spiro atoms. The average molecular weight is 416 g/mol. The molecule has 0 radical (unpaired) electrons. The van der Waals surface area contributed by atoms with E-state index < -0.39 is 0 Å². The van der Waals surface area contributed by atoms with E-state index in [-0.39, 0.29) is 11.0 Å². The van der Waals surface area contributed by atoms with E-state index in [0.717, 1.165) is 18.4 Å². The predicted molar refractivity (Wildman–Crippen MR) is 118 cm³/mol. The van der Waals surface area contributed by atoms with Gasteiger partial charge in [0.15, 0.2) is 5.12 Å². The summed E-state index contributed by atoms with van der Waals surface area (Å²) in [6.07, 6.45) is 1.74. The van der Waals surface area contributed by atoms with Crippen LogP contribution in [0.15, 0.2) is 42.5 Å². The molecular formula is C23H29NO4S. The van der Waals surface area contributed by atoms with Crippen LogP contribution in [0.5, 0.6) is 11.5 Å². The molecule has 0 heterocycles. The van der Waals surface area contributed by atoms with Crippen LogP contribution in [0, 0.1) is 6.92 Å². The molecule has 0 aliphatic rings. The van der Waals surface area contributed by atoms with E-state index in [1.807, 2.05) is 30.0 Å². The molecule has 2 aromatic carbocycles. The van der Waals surface area contributed by atoms with Gasteiger partial charge in [0.25, 0.3) is 5.91 Å². The summed E-state index contributed by atoms with van der Waals surface area (Å²) < 4.78 is 10.8. The number of hydrogen-bond acceptors (Lipinski definition) is 5. The second-order valence-corrected chi connectivity index (χ2v) is 8.00. The minimum Gasteiger partial charge on any atom is -0.496 e. The summed E-state index contributed by atoms with van der Waals surface area (Å²) in [6.45, 7) is 4.57. The monoisotopic (exact) mass is 415 g/mol. The van der Waals surface area contributed by atoms with Gasteiger partial charge in [0.2, 0.25) is 0 Å². The van der Waals surface area contributed by atoms with Gasteiger partial charge in [0.1, 0.15) is 11.5 Å². The van der Waals surface area contributed by atoms with E-state index in [0.29, 0.717) is 35.9 Å². The molecule has 6 heteroatoms. The van der Waals surface area contributed by atoms with Crippen molar-refractivity contribution in [2.45, 2.75) is 26.7 Å². The molecule has 0 saturated heterocycles. The zero-order valence-corrected chi connectivity index (χ0v) is 18.4. The van der Waals surface area contributed by atoms with Gasteiger partial charge >= 0.3 is 0 Å². The Morgan fingerprint density at radius 2 is 1.62 bits per heavy atom. The minimum absolute atomic E-state index is 0.0559. The Hall–Kier alpha value is -2.47. The molecule has 1 amide bonds. The molecular weight excluding hydrogens is 386 g/mol. The van der Waals surface area contributed by atoms with E-state index >= 15 is 0 Å². The summed E-state index contributed by atoms with van der Waals surface area (Å²) in [5, 5.41) is 0.0559. The highest BCUT2D eigenvalue weighted by Gasteiger charge is 2.19. The van der Waals surface area contributed by atoms with E-state index in [2.05, 4.69) is 12.1 Å². The Balaban J connectivity index is 2.15. The Morgan fingerprint density at radius 1 is 1.00 bits per heavy atom. The third kappa shape index (κ3) is 6.82. The van der Waals surface area contributed by atoms with Crippen LogP contribution in [0.3, 0.4) is 0 Å². The summed E-state index contributed by atoms with van der Waals surface area (Å²) in [7, 11) is 3.16. The fourth-order valence-electron chi connectivity index (χ4n) is 3.13. The van der Waals surface area contributed by atoms with E-state index in [4.69, 9.17) is 9.47 Å². The molecule has 0 unspecified atom stereocenters. The maximum Gasteiger partial charge on any atom is 0.254 e. The topological polar surface area (TPSA) is 55.8 Å². The Kier molecular flexibility index (Phi) is 9.06. The van der Waals surface area contributed by atoms with Gasteiger partial charge in [0, 0.05) is 36.9 Å². The summed E-state index contributed by atoms with van der Waals surface area (Å²) in [5.41, 5.74) is 2.63. The number of rotatable bonds is 10. The average Bonchev–Trinajstić information content (AvgIpc) is 2.73. The number of aryl methyl sites for hydroxylation is 1. The zero-order chi connectivity index (χ0) is 21.2. The van der Waals surface area contributed by atoms with Crippen molar-refractivity contribution in [2.75, 3.05) is 33.1 Å². The maximum atomic E-state index is 13.2. The molecule has 0 aromatic heterocycles. The molecule has 0 aliphatic heterocycles. The molecule has 0 bridgehead atoms. The SMILES string of the molecule is COc1cc(C(=O)N(CCCc2ccccc2)CCSC(C)=O)cc(OC)c1C. The molecule has 0 atom stereocenters. The van der Waals surface area contributed by atoms with Crippen LogP contribution in [0.2, 0.25) is 0 Å². The number of thioether (sulfide) groups is 1. The largest absolute Gasteiger partial charge is 0.496 e. The van der Waals surface area contributed by atoms with Gasteiger partial charge in [-0.25, -0.2) is 0 Å². The number of amides is 1. The number of carbonyl (C=O) groups is 2. The Labute approximate surface area is 177 Å². The zero-order valence-electron chi connectivity index (χ0n) is 17.6. The molecule has 2 aromatic rings. The molecule has 2 rings (SSSR count). The molecule has 0 saturated carbocycles. The van der Waals surface area contributed by atoms with Gasteiger partial charge in [-0.2, -0.15) is 0 Å². The van der Waals surface area contributed by atoms with Crippen molar-refractivity contribution >= 4 is 22.8 Å². The number of carbonyl (C=O) groups excluding carboxylic acids is 2. The molecule has 156 valence electrons. The van der Waals surface area contributed by atoms with Gasteiger partial charge in [-0.15, -0.1) is 0 Å². The summed E-state index contributed by atoms with van der Waals surface area (Å²) in [6, 6.07) is 13.7. The first-order valence-corrected chi connectivity index (χ1v) is 10.6. The van der Waals surface area contributed by atoms with E-state index in [1.54, 1.807) is 33.3 Å². The lowest BCUT2D eigenvalue weighted by Gasteiger charge is -2.23. The van der Waals surface area contributed by atoms with Gasteiger partial charge in [-0.05, 0) is 37.5 Å². The van der Waals surface area contributed by atoms with Crippen molar-refractivity contribution in [2.24, 2.45) is 0 Å². The lowest BCUT2D eigenvalue weighted by atomic mass is 10.1. The standard InChI is InChI=1S/C23H29NO4S/c1-17-21(27-3)15-20(16-22(17)28-4)23(26)24(13-14-29-18(2)25)12-8-11-19-9-6-5-7-10-19/h5-7,9-10,15-16H,8,11-14H2,1-4H3. The number of benzene rings is 2. The number of nitrogens with zero attached hydrogens (tertiary/aromatic N) is 1. The molecule has 0 fully saturated rings. The van der Waals surface area contributed by atoms with Crippen LogP contribution < -0.4 is 9.47 Å².